The van der Waals surface area contributed by atoms with E-state index in [1.807, 2.05) is 34.6 Å². The van der Waals surface area contributed by atoms with Crippen molar-refractivity contribution >= 4 is 11.7 Å². The molecule has 0 fully saturated rings. The van der Waals surface area contributed by atoms with Gasteiger partial charge in [-0.15, -0.1) is 0 Å². The van der Waals surface area contributed by atoms with Crippen LogP contribution in [0.25, 0.3) is 0 Å². The van der Waals surface area contributed by atoms with Gasteiger partial charge in [-0.1, -0.05) is 39.8 Å². The predicted octanol–water partition coefficient (Wildman–Crippen LogP) is 1.84. The fraction of sp³-hybridized carbons (Fsp3) is 0.833. The minimum absolute atomic E-state index is 0.0600. The van der Waals surface area contributed by atoms with Crippen molar-refractivity contribution in [2.75, 3.05) is 0 Å². The normalized spacial score (nSPS) is 13.6. The second kappa shape index (κ2) is 5.89. The second-order valence-corrected chi connectivity index (χ2v) is 5.56. The van der Waals surface area contributed by atoms with E-state index in [0.717, 1.165) is 0 Å². The summed E-state index contributed by atoms with van der Waals surface area (Å²) in [7, 11) is 0. The molecule has 0 aromatic heterocycles. The van der Waals surface area contributed by atoms with E-state index in [2.05, 4.69) is 10.5 Å². The van der Waals surface area contributed by atoms with Crippen molar-refractivity contribution in [3.8, 4) is 0 Å². The van der Waals surface area contributed by atoms with Crippen LogP contribution in [-0.2, 0) is 4.79 Å². The Balaban J connectivity index is 4.84. The van der Waals surface area contributed by atoms with Gasteiger partial charge in [-0.3, -0.25) is 4.79 Å². The zero-order valence-corrected chi connectivity index (χ0v) is 11.5. The van der Waals surface area contributed by atoms with Gasteiger partial charge in [0.15, 0.2) is 5.84 Å². The molecule has 4 N–H and O–H groups in total. The Labute approximate surface area is 103 Å². The molecular formula is C12H25N3O2. The summed E-state index contributed by atoms with van der Waals surface area (Å²) in [4.78, 5) is 11.9. The van der Waals surface area contributed by atoms with Gasteiger partial charge in [0.2, 0.25) is 5.91 Å². The number of amidine groups is 1. The SMILES string of the molecule is CCC(CC)(NC(=O)CC(C)(C)C)/C(N)=N/O. The summed E-state index contributed by atoms with van der Waals surface area (Å²) < 4.78 is 0. The molecule has 0 aliphatic heterocycles. The van der Waals surface area contributed by atoms with Crippen LogP contribution in [0.15, 0.2) is 5.16 Å². The fourth-order valence-corrected chi connectivity index (χ4v) is 1.74. The Morgan fingerprint density at radius 2 is 1.76 bits per heavy atom. The minimum atomic E-state index is -0.739. The number of rotatable bonds is 5. The molecule has 100 valence electrons. The molecule has 0 saturated heterocycles. The average Bonchev–Trinajstić information content (AvgIpc) is 2.22. The lowest BCUT2D eigenvalue weighted by atomic mass is 9.88. The molecule has 1 amide bonds. The van der Waals surface area contributed by atoms with Gasteiger partial charge in [0.1, 0.15) is 5.54 Å². The average molecular weight is 243 g/mol. The molecule has 0 unspecified atom stereocenters. The molecule has 0 atom stereocenters. The van der Waals surface area contributed by atoms with Crippen LogP contribution in [0.5, 0.6) is 0 Å². The van der Waals surface area contributed by atoms with Crippen LogP contribution in [0.3, 0.4) is 0 Å². The van der Waals surface area contributed by atoms with Crippen molar-refractivity contribution in [3.63, 3.8) is 0 Å². The van der Waals surface area contributed by atoms with E-state index in [1.165, 1.54) is 0 Å². The lowest BCUT2D eigenvalue weighted by Crippen LogP contribution is -2.57. The number of nitrogens with one attached hydrogen (secondary N) is 1. The van der Waals surface area contributed by atoms with Crippen molar-refractivity contribution in [1.82, 2.24) is 5.32 Å². The Kier molecular flexibility index (Phi) is 5.45. The Morgan fingerprint density at radius 3 is 2.06 bits per heavy atom. The van der Waals surface area contributed by atoms with E-state index in [1.54, 1.807) is 0 Å². The van der Waals surface area contributed by atoms with E-state index in [4.69, 9.17) is 10.9 Å². The number of nitrogens with two attached hydrogens (primary N) is 1. The summed E-state index contributed by atoms with van der Waals surface area (Å²) in [6, 6.07) is 0. The summed E-state index contributed by atoms with van der Waals surface area (Å²) in [6.45, 7) is 9.79. The Bertz CT molecular complexity index is 289. The minimum Gasteiger partial charge on any atom is -0.409 e. The Hall–Kier alpha value is -1.26. The van der Waals surface area contributed by atoms with Crippen molar-refractivity contribution in [1.29, 1.82) is 0 Å². The van der Waals surface area contributed by atoms with Crippen molar-refractivity contribution in [2.45, 2.75) is 59.4 Å². The molecule has 0 aliphatic carbocycles. The van der Waals surface area contributed by atoms with Crippen LogP contribution in [0.2, 0.25) is 0 Å². The molecule has 0 aliphatic rings. The molecule has 0 rings (SSSR count). The molecule has 0 saturated carbocycles. The first-order valence-electron chi connectivity index (χ1n) is 5.99. The summed E-state index contributed by atoms with van der Waals surface area (Å²) in [5, 5.41) is 14.7. The first kappa shape index (κ1) is 15.7. The van der Waals surface area contributed by atoms with Crippen molar-refractivity contribution < 1.29 is 10.0 Å². The molecule has 5 nitrogen and oxygen atoms in total. The highest BCUT2D eigenvalue weighted by molar-refractivity contribution is 5.93. The molecule has 0 bridgehead atoms. The van der Waals surface area contributed by atoms with Crippen LogP contribution < -0.4 is 11.1 Å². The van der Waals surface area contributed by atoms with Crippen LogP contribution in [-0.4, -0.2) is 22.5 Å². The van der Waals surface area contributed by atoms with Crippen LogP contribution >= 0.6 is 0 Å². The largest absolute Gasteiger partial charge is 0.409 e. The van der Waals surface area contributed by atoms with Gasteiger partial charge in [0, 0.05) is 6.42 Å². The molecule has 5 heteroatoms. The summed E-state index contributed by atoms with van der Waals surface area (Å²) in [5.41, 5.74) is 4.85. The molecule has 0 aromatic carbocycles. The Morgan fingerprint density at radius 1 is 1.29 bits per heavy atom. The number of hydrogen-bond acceptors (Lipinski definition) is 3. The predicted molar refractivity (Wildman–Crippen MR) is 68.9 cm³/mol. The lowest BCUT2D eigenvalue weighted by Gasteiger charge is -2.32. The quantitative estimate of drug-likeness (QED) is 0.298. The maximum atomic E-state index is 11.9. The molecule has 0 aromatic rings. The molecule has 0 radical (unpaired) electrons. The highest BCUT2D eigenvalue weighted by Gasteiger charge is 2.33. The van der Waals surface area contributed by atoms with Gasteiger partial charge in [-0.25, -0.2) is 0 Å². The van der Waals surface area contributed by atoms with Crippen LogP contribution in [0.4, 0.5) is 0 Å². The number of oxime groups is 1. The standard InChI is InChI=1S/C12H25N3O2/c1-6-12(7-2,10(13)15-17)14-9(16)8-11(3,4)5/h17H,6-8H2,1-5H3,(H2,13,15)(H,14,16). The van der Waals surface area contributed by atoms with E-state index in [-0.39, 0.29) is 17.2 Å². The smallest absolute Gasteiger partial charge is 0.221 e. The summed E-state index contributed by atoms with van der Waals surface area (Å²) >= 11 is 0. The first-order chi connectivity index (χ1) is 7.70. The third-order valence-electron chi connectivity index (χ3n) is 2.87. The van der Waals surface area contributed by atoms with Crippen molar-refractivity contribution in [2.24, 2.45) is 16.3 Å². The second-order valence-electron chi connectivity index (χ2n) is 5.56. The monoisotopic (exact) mass is 243 g/mol. The van der Waals surface area contributed by atoms with E-state index < -0.39 is 5.54 Å². The maximum Gasteiger partial charge on any atom is 0.221 e. The van der Waals surface area contributed by atoms with Gasteiger partial charge in [-0.05, 0) is 18.3 Å². The number of amides is 1. The number of hydrogen-bond donors (Lipinski definition) is 3. The number of nitrogens with zero attached hydrogens (tertiary/aromatic N) is 1. The third kappa shape index (κ3) is 4.63. The number of carbonyl (C=O) groups excluding carboxylic acids is 1. The molecule has 0 heterocycles. The van der Waals surface area contributed by atoms with Gasteiger partial charge in [0.25, 0.3) is 0 Å². The van der Waals surface area contributed by atoms with E-state index in [9.17, 15) is 4.79 Å². The number of carbonyl (C=O) groups is 1. The summed E-state index contributed by atoms with van der Waals surface area (Å²) in [5.74, 6) is -0.0161. The zero-order valence-electron chi connectivity index (χ0n) is 11.5. The first-order valence-corrected chi connectivity index (χ1v) is 5.99. The van der Waals surface area contributed by atoms with Crippen molar-refractivity contribution in [3.05, 3.63) is 0 Å². The molecule has 0 spiro atoms. The topological polar surface area (TPSA) is 87.7 Å². The summed E-state index contributed by atoms with van der Waals surface area (Å²) in [6.07, 6.45) is 1.60. The van der Waals surface area contributed by atoms with Crippen LogP contribution in [0.1, 0.15) is 53.9 Å². The van der Waals surface area contributed by atoms with Gasteiger partial charge >= 0.3 is 0 Å². The fourth-order valence-electron chi connectivity index (χ4n) is 1.74. The van der Waals surface area contributed by atoms with Gasteiger partial charge in [-0.2, -0.15) is 0 Å². The van der Waals surface area contributed by atoms with Gasteiger partial charge in [0.05, 0.1) is 0 Å². The highest BCUT2D eigenvalue weighted by atomic mass is 16.4. The zero-order chi connectivity index (χ0) is 13.7. The molecular weight excluding hydrogens is 218 g/mol. The van der Waals surface area contributed by atoms with Crippen LogP contribution in [0, 0.1) is 5.41 Å². The maximum absolute atomic E-state index is 11.9. The van der Waals surface area contributed by atoms with E-state index >= 15 is 0 Å². The lowest BCUT2D eigenvalue weighted by molar-refractivity contribution is -0.124. The third-order valence-corrected chi connectivity index (χ3v) is 2.87. The molecule has 17 heavy (non-hydrogen) atoms. The highest BCUT2D eigenvalue weighted by Crippen LogP contribution is 2.21. The van der Waals surface area contributed by atoms with Gasteiger partial charge < -0.3 is 16.3 Å². The van der Waals surface area contributed by atoms with E-state index in [0.29, 0.717) is 19.3 Å².